The number of carboxylic acid groups (broad SMARTS) is 1. The van der Waals surface area contributed by atoms with Crippen molar-refractivity contribution < 1.29 is 19.4 Å². The van der Waals surface area contributed by atoms with Crippen molar-refractivity contribution >= 4 is 17.6 Å². The number of nitrogens with zero attached hydrogens (tertiary/aromatic N) is 1. The minimum absolute atomic E-state index is 0.307. The molecular formula is C24H24N2O5. The van der Waals surface area contributed by atoms with E-state index in [1.807, 2.05) is 18.2 Å². The first-order valence-corrected chi connectivity index (χ1v) is 9.80. The van der Waals surface area contributed by atoms with Crippen molar-refractivity contribution in [1.29, 1.82) is 0 Å². The van der Waals surface area contributed by atoms with Crippen LogP contribution in [0.25, 0.3) is 11.1 Å². The lowest BCUT2D eigenvalue weighted by Gasteiger charge is -2.13. The van der Waals surface area contributed by atoms with E-state index in [2.05, 4.69) is 31.3 Å². The largest absolute Gasteiger partial charge is 0.496 e. The predicted molar refractivity (Wildman–Crippen MR) is 119 cm³/mol. The van der Waals surface area contributed by atoms with Gasteiger partial charge in [0.2, 0.25) is 0 Å². The average molecular weight is 420 g/mol. The molecule has 7 nitrogen and oxygen atoms in total. The van der Waals surface area contributed by atoms with Gasteiger partial charge in [-0.25, -0.2) is 0 Å². The Bertz CT molecular complexity index is 1160. The predicted octanol–water partition coefficient (Wildman–Crippen LogP) is 3.98. The molecule has 3 aromatic rings. The van der Waals surface area contributed by atoms with Crippen molar-refractivity contribution in [2.45, 2.75) is 26.3 Å². The summed E-state index contributed by atoms with van der Waals surface area (Å²) in [5, 5.41) is 11.6. The van der Waals surface area contributed by atoms with Crippen LogP contribution >= 0.6 is 0 Å². The fourth-order valence-corrected chi connectivity index (χ4v) is 3.19. The zero-order valence-electron chi connectivity index (χ0n) is 17.6. The number of methoxy groups -OCH3 is 1. The molecule has 0 saturated carbocycles. The van der Waals surface area contributed by atoms with Gasteiger partial charge >= 0.3 is 5.97 Å². The molecule has 3 rings (SSSR count). The van der Waals surface area contributed by atoms with Crippen LogP contribution in [0.4, 0.5) is 5.69 Å². The Balaban J connectivity index is 1.85. The van der Waals surface area contributed by atoms with Crippen molar-refractivity contribution in [2.24, 2.45) is 0 Å². The summed E-state index contributed by atoms with van der Waals surface area (Å²) >= 11 is 0. The minimum Gasteiger partial charge on any atom is -0.496 e. The topological polar surface area (TPSA) is 97.6 Å². The molecule has 1 aromatic heterocycles. The number of carboxylic acids is 1. The Hall–Kier alpha value is -3.87. The second kappa shape index (κ2) is 9.30. The SMILES string of the molecule is COc1cc(-c2ccc(C(C)C)cc2)ccc1C(=O)Nc1ccc(=O)n(CC(=O)O)c1. The van der Waals surface area contributed by atoms with Gasteiger partial charge in [-0.15, -0.1) is 0 Å². The molecule has 0 spiro atoms. The summed E-state index contributed by atoms with van der Waals surface area (Å²) < 4.78 is 6.44. The van der Waals surface area contributed by atoms with Gasteiger partial charge in [-0.05, 0) is 40.8 Å². The molecule has 7 heteroatoms. The van der Waals surface area contributed by atoms with Gasteiger partial charge in [0.05, 0.1) is 18.4 Å². The highest BCUT2D eigenvalue weighted by Gasteiger charge is 2.15. The fraction of sp³-hybridized carbons (Fsp3) is 0.208. The molecule has 0 unspecified atom stereocenters. The molecule has 0 bridgehead atoms. The molecule has 1 heterocycles. The van der Waals surface area contributed by atoms with Crippen LogP contribution in [-0.2, 0) is 11.3 Å². The lowest BCUT2D eigenvalue weighted by molar-refractivity contribution is -0.137. The first kappa shape index (κ1) is 21.8. The molecule has 2 aromatic carbocycles. The highest BCUT2D eigenvalue weighted by atomic mass is 16.5. The third-order valence-electron chi connectivity index (χ3n) is 4.90. The van der Waals surface area contributed by atoms with E-state index in [0.29, 0.717) is 22.9 Å². The molecule has 0 radical (unpaired) electrons. The van der Waals surface area contributed by atoms with E-state index in [1.54, 1.807) is 12.1 Å². The molecule has 0 aliphatic carbocycles. The summed E-state index contributed by atoms with van der Waals surface area (Å²) in [6, 6.07) is 16.2. The van der Waals surface area contributed by atoms with Crippen molar-refractivity contribution in [3.05, 3.63) is 82.3 Å². The number of aliphatic carboxylic acids is 1. The van der Waals surface area contributed by atoms with Gasteiger partial charge in [-0.3, -0.25) is 14.4 Å². The standard InChI is InChI=1S/C24H24N2O5/c1-15(2)16-4-6-17(7-5-16)18-8-10-20(21(12-18)31-3)24(30)25-19-9-11-22(27)26(13-19)14-23(28)29/h4-13,15H,14H2,1-3H3,(H,25,30)(H,28,29). The van der Waals surface area contributed by atoms with Crippen LogP contribution in [0.2, 0.25) is 0 Å². The zero-order chi connectivity index (χ0) is 22.5. The highest BCUT2D eigenvalue weighted by molar-refractivity contribution is 6.06. The fourth-order valence-electron chi connectivity index (χ4n) is 3.19. The molecule has 1 amide bonds. The lowest BCUT2D eigenvalue weighted by atomic mass is 9.98. The second-order valence-electron chi connectivity index (χ2n) is 7.42. The Labute approximate surface area is 179 Å². The van der Waals surface area contributed by atoms with Gasteiger partial charge < -0.3 is 19.7 Å². The van der Waals surface area contributed by atoms with Gasteiger partial charge in [0, 0.05) is 12.3 Å². The van der Waals surface area contributed by atoms with Crippen LogP contribution in [0, 0.1) is 0 Å². The number of nitrogens with one attached hydrogen (secondary N) is 1. The summed E-state index contributed by atoms with van der Waals surface area (Å²) in [4.78, 5) is 35.4. The Morgan fingerprint density at radius 1 is 1.03 bits per heavy atom. The lowest BCUT2D eigenvalue weighted by Crippen LogP contribution is -2.24. The van der Waals surface area contributed by atoms with E-state index in [-0.39, 0.29) is 0 Å². The van der Waals surface area contributed by atoms with Crippen molar-refractivity contribution in [3.8, 4) is 16.9 Å². The van der Waals surface area contributed by atoms with Gasteiger partial charge in [-0.1, -0.05) is 44.2 Å². The van der Waals surface area contributed by atoms with Crippen LogP contribution < -0.4 is 15.6 Å². The number of carbonyl (C=O) groups is 2. The number of aromatic nitrogens is 1. The van der Waals surface area contributed by atoms with Crippen molar-refractivity contribution in [1.82, 2.24) is 4.57 Å². The first-order chi connectivity index (χ1) is 14.8. The summed E-state index contributed by atoms with van der Waals surface area (Å²) in [5.74, 6) is -0.732. The number of hydrogen-bond donors (Lipinski definition) is 2. The Morgan fingerprint density at radius 2 is 1.71 bits per heavy atom. The third kappa shape index (κ3) is 5.19. The second-order valence-corrected chi connectivity index (χ2v) is 7.42. The number of anilines is 1. The number of benzene rings is 2. The summed E-state index contributed by atoms with van der Waals surface area (Å²) in [6.07, 6.45) is 1.30. The summed E-state index contributed by atoms with van der Waals surface area (Å²) in [6.45, 7) is 3.79. The normalized spacial score (nSPS) is 10.7. The van der Waals surface area contributed by atoms with Gasteiger partial charge in [0.15, 0.2) is 0 Å². The molecule has 0 saturated heterocycles. The van der Waals surface area contributed by atoms with Crippen LogP contribution in [0.1, 0.15) is 35.7 Å². The summed E-state index contributed by atoms with van der Waals surface area (Å²) in [7, 11) is 1.49. The van der Waals surface area contributed by atoms with Crippen molar-refractivity contribution in [2.75, 3.05) is 12.4 Å². The quantitative estimate of drug-likeness (QED) is 0.602. The first-order valence-electron chi connectivity index (χ1n) is 9.80. The van der Waals surface area contributed by atoms with Gasteiger partial charge in [0.1, 0.15) is 12.3 Å². The average Bonchev–Trinajstić information content (AvgIpc) is 2.75. The van der Waals surface area contributed by atoms with Crippen LogP contribution in [0.5, 0.6) is 5.75 Å². The number of rotatable bonds is 7. The smallest absolute Gasteiger partial charge is 0.323 e. The third-order valence-corrected chi connectivity index (χ3v) is 4.90. The maximum atomic E-state index is 12.8. The molecule has 31 heavy (non-hydrogen) atoms. The maximum absolute atomic E-state index is 12.8. The van der Waals surface area contributed by atoms with E-state index in [0.717, 1.165) is 15.7 Å². The highest BCUT2D eigenvalue weighted by Crippen LogP contribution is 2.29. The molecule has 2 N–H and O–H groups in total. The molecule has 0 fully saturated rings. The number of hydrogen-bond acceptors (Lipinski definition) is 4. The summed E-state index contributed by atoms with van der Waals surface area (Å²) in [5.41, 5.74) is 3.33. The number of ether oxygens (including phenoxy) is 1. The monoisotopic (exact) mass is 420 g/mol. The van der Waals surface area contributed by atoms with E-state index in [4.69, 9.17) is 9.84 Å². The van der Waals surface area contributed by atoms with Crippen molar-refractivity contribution in [3.63, 3.8) is 0 Å². The zero-order valence-corrected chi connectivity index (χ0v) is 17.6. The maximum Gasteiger partial charge on any atom is 0.323 e. The van der Waals surface area contributed by atoms with Gasteiger partial charge in [0.25, 0.3) is 11.5 Å². The van der Waals surface area contributed by atoms with Crippen LogP contribution in [-0.4, -0.2) is 28.7 Å². The van der Waals surface area contributed by atoms with E-state index >= 15 is 0 Å². The molecule has 160 valence electrons. The molecule has 0 aliphatic rings. The molecule has 0 atom stereocenters. The van der Waals surface area contributed by atoms with Crippen LogP contribution in [0.3, 0.4) is 0 Å². The molecular weight excluding hydrogens is 396 g/mol. The van der Waals surface area contributed by atoms with E-state index in [1.165, 1.54) is 31.0 Å². The van der Waals surface area contributed by atoms with Crippen LogP contribution in [0.15, 0.2) is 65.6 Å². The van der Waals surface area contributed by atoms with E-state index < -0.39 is 24.0 Å². The van der Waals surface area contributed by atoms with E-state index in [9.17, 15) is 14.4 Å². The Morgan fingerprint density at radius 3 is 2.32 bits per heavy atom. The van der Waals surface area contributed by atoms with Gasteiger partial charge in [-0.2, -0.15) is 0 Å². The molecule has 0 aliphatic heterocycles. The number of carbonyl (C=O) groups excluding carboxylic acids is 1. The number of pyridine rings is 1. The Kier molecular flexibility index (Phi) is 6.55. The minimum atomic E-state index is -1.15. The number of amides is 1.